The largest absolute Gasteiger partial charge is 0.508 e. The minimum Gasteiger partial charge on any atom is -0.508 e. The molecule has 1 heterocycles. The van der Waals surface area contributed by atoms with Gasteiger partial charge in [0.1, 0.15) is 17.3 Å². The number of unbranched alkanes of at least 4 members (excludes halogenated alkanes) is 2. The zero-order chi connectivity index (χ0) is 26.1. The van der Waals surface area contributed by atoms with Gasteiger partial charge in [0.15, 0.2) is 0 Å². The Morgan fingerprint density at radius 1 is 0.972 bits per heavy atom. The van der Waals surface area contributed by atoms with Gasteiger partial charge in [0.2, 0.25) is 0 Å². The van der Waals surface area contributed by atoms with Crippen molar-refractivity contribution in [2.45, 2.75) is 52.0 Å². The van der Waals surface area contributed by atoms with E-state index in [1.807, 2.05) is 0 Å². The summed E-state index contributed by atoms with van der Waals surface area (Å²) >= 11 is 0. The molecular weight excluding hydrogens is 456 g/mol. The number of carbonyl (C=O) groups excluding carboxylic acids is 2. The molecule has 0 aliphatic carbocycles. The van der Waals surface area contributed by atoms with Crippen LogP contribution in [-0.4, -0.2) is 65.0 Å². The lowest BCUT2D eigenvalue weighted by Gasteiger charge is -2.27. The van der Waals surface area contributed by atoms with Gasteiger partial charge >= 0.3 is 0 Å². The Labute approximate surface area is 214 Å². The Balaban J connectivity index is 1.91. The van der Waals surface area contributed by atoms with Crippen LogP contribution < -0.4 is 4.74 Å². The van der Waals surface area contributed by atoms with E-state index in [9.17, 15) is 19.8 Å². The molecule has 1 amide bonds. The highest BCUT2D eigenvalue weighted by Crippen LogP contribution is 2.40. The van der Waals surface area contributed by atoms with Gasteiger partial charge in [0.25, 0.3) is 11.7 Å². The van der Waals surface area contributed by atoms with E-state index in [-0.39, 0.29) is 17.1 Å². The van der Waals surface area contributed by atoms with E-state index < -0.39 is 17.7 Å². The van der Waals surface area contributed by atoms with Crippen LogP contribution in [0.2, 0.25) is 0 Å². The van der Waals surface area contributed by atoms with E-state index in [0.29, 0.717) is 29.8 Å². The number of ether oxygens (including phenoxy) is 1. The van der Waals surface area contributed by atoms with Crippen LogP contribution in [-0.2, 0) is 9.59 Å². The van der Waals surface area contributed by atoms with Crippen molar-refractivity contribution in [2.75, 3.05) is 33.3 Å². The first-order valence-corrected chi connectivity index (χ1v) is 12.8. The number of phenols is 1. The molecular formula is C29H38N2O5. The predicted octanol–water partition coefficient (Wildman–Crippen LogP) is 5.11. The number of aromatic hydroxyl groups is 1. The van der Waals surface area contributed by atoms with Crippen LogP contribution in [0.3, 0.4) is 0 Å². The fourth-order valence-corrected chi connectivity index (χ4v) is 4.62. The number of hydrogen-bond donors (Lipinski definition) is 2. The molecule has 1 fully saturated rings. The molecule has 1 aliphatic rings. The molecule has 194 valence electrons. The van der Waals surface area contributed by atoms with Crippen molar-refractivity contribution in [1.29, 1.82) is 0 Å². The van der Waals surface area contributed by atoms with Crippen molar-refractivity contribution in [3.8, 4) is 11.5 Å². The summed E-state index contributed by atoms with van der Waals surface area (Å²) in [5, 5.41) is 21.3. The van der Waals surface area contributed by atoms with Crippen LogP contribution in [0.1, 0.15) is 63.1 Å². The fourth-order valence-electron chi connectivity index (χ4n) is 4.62. The lowest BCUT2D eigenvalue weighted by atomic mass is 9.95. The molecule has 2 N–H and O–H groups in total. The van der Waals surface area contributed by atoms with E-state index in [4.69, 9.17) is 4.74 Å². The standard InChI is InChI=1S/C29H38N2O5/c1-4-6-16-30(17-7-5-2)18-9-19-31-26(22-10-8-11-23(32)20-22)25(28(34)29(31)35)27(33)21-12-14-24(36-3)15-13-21/h8,10-15,20,26,32-33H,4-7,9,16-19H2,1-3H3/t26-/m0/s1. The van der Waals surface area contributed by atoms with Crippen molar-refractivity contribution >= 4 is 17.4 Å². The number of benzene rings is 2. The van der Waals surface area contributed by atoms with Gasteiger partial charge in [-0.2, -0.15) is 0 Å². The summed E-state index contributed by atoms with van der Waals surface area (Å²) in [5.41, 5.74) is 1.03. The van der Waals surface area contributed by atoms with Crippen LogP contribution >= 0.6 is 0 Å². The second-order valence-electron chi connectivity index (χ2n) is 9.22. The summed E-state index contributed by atoms with van der Waals surface area (Å²) in [7, 11) is 1.55. The van der Waals surface area contributed by atoms with E-state index in [0.717, 1.165) is 45.3 Å². The summed E-state index contributed by atoms with van der Waals surface area (Å²) in [4.78, 5) is 30.3. The average molecular weight is 495 g/mol. The lowest BCUT2D eigenvalue weighted by molar-refractivity contribution is -0.140. The molecule has 0 aromatic heterocycles. The quantitative estimate of drug-likeness (QED) is 0.228. The maximum Gasteiger partial charge on any atom is 0.295 e. The number of likely N-dealkylation sites (tertiary alicyclic amines) is 1. The number of nitrogens with zero attached hydrogens (tertiary/aromatic N) is 2. The maximum absolute atomic E-state index is 13.2. The van der Waals surface area contributed by atoms with Crippen molar-refractivity contribution in [3.63, 3.8) is 0 Å². The third-order valence-electron chi connectivity index (χ3n) is 6.62. The Bertz CT molecular complexity index is 1060. The summed E-state index contributed by atoms with van der Waals surface area (Å²) in [6, 6.07) is 12.4. The van der Waals surface area contributed by atoms with Gasteiger partial charge in [-0.15, -0.1) is 0 Å². The lowest BCUT2D eigenvalue weighted by Crippen LogP contribution is -2.34. The van der Waals surface area contributed by atoms with Crippen LogP contribution in [0.5, 0.6) is 11.5 Å². The molecule has 0 bridgehead atoms. The summed E-state index contributed by atoms with van der Waals surface area (Å²) in [5.74, 6) is -0.933. The predicted molar refractivity (Wildman–Crippen MR) is 141 cm³/mol. The number of carbonyl (C=O) groups is 2. The highest BCUT2D eigenvalue weighted by Gasteiger charge is 2.45. The van der Waals surface area contributed by atoms with Crippen LogP contribution in [0.15, 0.2) is 54.1 Å². The molecule has 1 saturated heterocycles. The molecule has 0 spiro atoms. The molecule has 3 rings (SSSR count). The number of ketones is 1. The molecule has 0 unspecified atom stereocenters. The first kappa shape index (κ1) is 27.3. The number of Topliss-reactive ketones (excluding diaryl/α,β-unsaturated/α-hetero) is 1. The van der Waals surface area contributed by atoms with E-state index >= 15 is 0 Å². The van der Waals surface area contributed by atoms with Crippen molar-refractivity contribution in [2.24, 2.45) is 0 Å². The third-order valence-corrected chi connectivity index (χ3v) is 6.62. The molecule has 7 nitrogen and oxygen atoms in total. The summed E-state index contributed by atoms with van der Waals surface area (Å²) in [6.45, 7) is 7.59. The first-order valence-electron chi connectivity index (χ1n) is 12.8. The van der Waals surface area contributed by atoms with E-state index in [2.05, 4.69) is 18.7 Å². The van der Waals surface area contributed by atoms with Gasteiger partial charge in [-0.05, 0) is 80.9 Å². The number of amides is 1. The number of aliphatic hydroxyl groups excluding tert-OH is 1. The Hall–Kier alpha value is -3.32. The molecule has 2 aromatic carbocycles. The Morgan fingerprint density at radius 2 is 1.61 bits per heavy atom. The minimum absolute atomic E-state index is 0.0320. The SMILES string of the molecule is CCCCN(CCCC)CCCN1C(=O)C(=O)C(=C(O)c2ccc(OC)cc2)[C@@H]1c1cccc(O)c1. The summed E-state index contributed by atoms with van der Waals surface area (Å²) in [6.07, 6.45) is 5.21. The zero-order valence-corrected chi connectivity index (χ0v) is 21.6. The van der Waals surface area contributed by atoms with E-state index in [1.54, 1.807) is 55.6 Å². The minimum atomic E-state index is -0.779. The van der Waals surface area contributed by atoms with Crippen molar-refractivity contribution in [3.05, 3.63) is 65.2 Å². The molecule has 36 heavy (non-hydrogen) atoms. The second kappa shape index (κ2) is 13.1. The molecule has 0 radical (unpaired) electrons. The van der Waals surface area contributed by atoms with Gasteiger partial charge < -0.3 is 24.7 Å². The number of rotatable bonds is 13. The van der Waals surface area contributed by atoms with Gasteiger partial charge in [-0.25, -0.2) is 0 Å². The second-order valence-corrected chi connectivity index (χ2v) is 9.22. The third kappa shape index (κ3) is 6.46. The van der Waals surface area contributed by atoms with Gasteiger partial charge in [-0.1, -0.05) is 38.8 Å². The smallest absolute Gasteiger partial charge is 0.295 e. The molecule has 7 heteroatoms. The number of methoxy groups -OCH3 is 1. The maximum atomic E-state index is 13.2. The normalized spacial score (nSPS) is 17.2. The van der Waals surface area contributed by atoms with Crippen LogP contribution in [0.4, 0.5) is 0 Å². The van der Waals surface area contributed by atoms with Crippen LogP contribution in [0.25, 0.3) is 5.76 Å². The van der Waals surface area contributed by atoms with Crippen LogP contribution in [0, 0.1) is 0 Å². The number of phenolic OH excluding ortho intramolecular Hbond substituents is 1. The van der Waals surface area contributed by atoms with E-state index in [1.165, 1.54) is 4.90 Å². The first-order chi connectivity index (χ1) is 17.4. The molecule has 0 saturated carbocycles. The number of hydrogen-bond acceptors (Lipinski definition) is 6. The molecule has 1 atom stereocenters. The average Bonchev–Trinajstić information content (AvgIpc) is 3.14. The molecule has 2 aromatic rings. The van der Waals surface area contributed by atoms with Crippen molar-refractivity contribution < 1.29 is 24.5 Å². The number of aliphatic hydroxyl groups is 1. The highest BCUT2D eigenvalue weighted by molar-refractivity contribution is 6.46. The zero-order valence-electron chi connectivity index (χ0n) is 21.6. The van der Waals surface area contributed by atoms with Gasteiger partial charge in [0.05, 0.1) is 18.7 Å². The summed E-state index contributed by atoms with van der Waals surface area (Å²) < 4.78 is 5.19. The Morgan fingerprint density at radius 3 is 2.19 bits per heavy atom. The highest BCUT2D eigenvalue weighted by atomic mass is 16.5. The molecule has 1 aliphatic heterocycles. The topological polar surface area (TPSA) is 90.3 Å². The van der Waals surface area contributed by atoms with Gasteiger partial charge in [0, 0.05) is 12.1 Å². The van der Waals surface area contributed by atoms with Gasteiger partial charge in [-0.3, -0.25) is 9.59 Å². The Kier molecular flexibility index (Phi) is 9.94. The monoisotopic (exact) mass is 494 g/mol. The fraction of sp³-hybridized carbons (Fsp3) is 0.448. The van der Waals surface area contributed by atoms with Crippen molar-refractivity contribution in [1.82, 2.24) is 9.80 Å².